The van der Waals surface area contributed by atoms with Gasteiger partial charge in [0.15, 0.2) is 5.82 Å². The van der Waals surface area contributed by atoms with Crippen LogP contribution in [0.5, 0.6) is 0 Å². The number of piperidine rings is 2. The van der Waals surface area contributed by atoms with Gasteiger partial charge in [-0.05, 0) is 38.2 Å². The fourth-order valence-corrected chi connectivity index (χ4v) is 4.96. The van der Waals surface area contributed by atoms with Crippen LogP contribution in [0, 0.1) is 11.2 Å². The maximum atomic E-state index is 14.1. The third-order valence-corrected chi connectivity index (χ3v) is 6.21. The summed E-state index contributed by atoms with van der Waals surface area (Å²) < 4.78 is 14.1. The number of halogens is 1. The van der Waals surface area contributed by atoms with Crippen molar-refractivity contribution in [1.29, 1.82) is 0 Å². The molecule has 2 aliphatic heterocycles. The highest BCUT2D eigenvalue weighted by atomic mass is 19.1. The lowest BCUT2D eigenvalue weighted by molar-refractivity contribution is -0.140. The minimum absolute atomic E-state index is 0.129. The molecule has 1 aromatic heterocycles. The number of aromatic nitrogens is 1. The van der Waals surface area contributed by atoms with Crippen LogP contribution in [0.3, 0.4) is 0 Å². The van der Waals surface area contributed by atoms with E-state index in [1.807, 2.05) is 0 Å². The molecule has 1 aliphatic carbocycles. The number of nitrogens with zero attached hydrogens (tertiary/aromatic N) is 3. The Morgan fingerprint density at radius 3 is 2.79 bits per heavy atom. The highest BCUT2D eigenvalue weighted by Gasteiger charge is 2.44. The predicted molar refractivity (Wildman–Crippen MR) is 91.3 cm³/mol. The Hall–Kier alpha value is -1.65. The zero-order chi connectivity index (χ0) is 16.6. The minimum Gasteiger partial charge on any atom is -0.368 e. The zero-order valence-corrected chi connectivity index (χ0v) is 14.2. The van der Waals surface area contributed by atoms with E-state index in [1.54, 1.807) is 12.3 Å². The van der Waals surface area contributed by atoms with Crippen LogP contribution in [0.25, 0.3) is 0 Å². The van der Waals surface area contributed by atoms with Crippen molar-refractivity contribution in [1.82, 2.24) is 9.88 Å². The van der Waals surface area contributed by atoms with Crippen LogP contribution in [-0.2, 0) is 4.79 Å². The highest BCUT2D eigenvalue weighted by molar-refractivity contribution is 5.77. The predicted octanol–water partition coefficient (Wildman–Crippen LogP) is 3.37. The molecule has 1 spiro atoms. The molecule has 1 atom stereocenters. The van der Waals surface area contributed by atoms with Crippen molar-refractivity contribution in [3.8, 4) is 0 Å². The van der Waals surface area contributed by atoms with Crippen LogP contribution >= 0.6 is 0 Å². The molecule has 1 amide bonds. The van der Waals surface area contributed by atoms with Gasteiger partial charge in [-0.3, -0.25) is 9.78 Å². The molecule has 130 valence electrons. The van der Waals surface area contributed by atoms with Crippen LogP contribution in [0.2, 0.25) is 0 Å². The molecule has 4 nitrogen and oxygen atoms in total. The summed E-state index contributed by atoms with van der Waals surface area (Å²) in [7, 11) is 0. The van der Waals surface area contributed by atoms with E-state index < -0.39 is 0 Å². The van der Waals surface area contributed by atoms with Gasteiger partial charge in [-0.25, -0.2) is 4.39 Å². The second-order valence-corrected chi connectivity index (χ2v) is 7.81. The summed E-state index contributed by atoms with van der Waals surface area (Å²) in [5.74, 6) is 0.0915. The van der Waals surface area contributed by atoms with E-state index in [-0.39, 0.29) is 11.2 Å². The smallest absolute Gasteiger partial charge is 0.222 e. The first kappa shape index (κ1) is 15.9. The van der Waals surface area contributed by atoms with E-state index in [9.17, 15) is 9.18 Å². The molecule has 3 fully saturated rings. The van der Waals surface area contributed by atoms with Crippen molar-refractivity contribution in [3.63, 3.8) is 0 Å². The number of likely N-dealkylation sites (tertiary alicyclic amines) is 1. The third kappa shape index (κ3) is 2.89. The Morgan fingerprint density at radius 2 is 2.00 bits per heavy atom. The second kappa shape index (κ2) is 6.34. The lowest BCUT2D eigenvalue weighted by Gasteiger charge is -2.50. The van der Waals surface area contributed by atoms with Crippen LogP contribution in [0.15, 0.2) is 18.5 Å². The summed E-state index contributed by atoms with van der Waals surface area (Å²) in [6.45, 7) is 2.60. The number of carbonyl (C=O) groups excluding carboxylic acids is 1. The third-order valence-electron chi connectivity index (χ3n) is 6.21. The topological polar surface area (TPSA) is 36.4 Å². The SMILES string of the molecule is O=C1CC[C@@]2(CCCN(c3ccncc3F)C2)CN1C1CCCC1. The van der Waals surface area contributed by atoms with Gasteiger partial charge in [0.05, 0.1) is 11.9 Å². The molecule has 0 unspecified atom stereocenters. The first-order valence-corrected chi connectivity index (χ1v) is 9.31. The van der Waals surface area contributed by atoms with E-state index in [4.69, 9.17) is 0 Å². The fraction of sp³-hybridized carbons (Fsp3) is 0.684. The van der Waals surface area contributed by atoms with E-state index in [0.29, 0.717) is 24.1 Å². The summed E-state index contributed by atoms with van der Waals surface area (Å²) in [6, 6.07) is 2.22. The van der Waals surface area contributed by atoms with Gasteiger partial charge in [-0.1, -0.05) is 12.8 Å². The van der Waals surface area contributed by atoms with Crippen molar-refractivity contribution >= 4 is 11.6 Å². The maximum absolute atomic E-state index is 14.1. The van der Waals surface area contributed by atoms with Gasteiger partial charge in [0.1, 0.15) is 0 Å². The first-order valence-electron chi connectivity index (χ1n) is 9.31. The molecule has 0 N–H and O–H groups in total. The monoisotopic (exact) mass is 331 g/mol. The second-order valence-electron chi connectivity index (χ2n) is 7.81. The van der Waals surface area contributed by atoms with Crippen molar-refractivity contribution in [2.24, 2.45) is 5.41 Å². The quantitative estimate of drug-likeness (QED) is 0.834. The number of anilines is 1. The molecule has 24 heavy (non-hydrogen) atoms. The number of amides is 1. The number of carbonyl (C=O) groups is 1. The van der Waals surface area contributed by atoms with Crippen molar-refractivity contribution < 1.29 is 9.18 Å². The summed E-state index contributed by atoms with van der Waals surface area (Å²) in [6.07, 6.45) is 11.6. The van der Waals surface area contributed by atoms with Gasteiger partial charge in [0.2, 0.25) is 5.91 Å². The summed E-state index contributed by atoms with van der Waals surface area (Å²) in [5, 5.41) is 0. The molecule has 1 saturated carbocycles. The Labute approximate surface area is 143 Å². The Morgan fingerprint density at radius 1 is 1.17 bits per heavy atom. The molecule has 0 aromatic carbocycles. The summed E-state index contributed by atoms with van der Waals surface area (Å²) >= 11 is 0. The van der Waals surface area contributed by atoms with Crippen LogP contribution in [0.1, 0.15) is 51.4 Å². The molecule has 3 aliphatic rings. The van der Waals surface area contributed by atoms with E-state index in [0.717, 1.165) is 51.7 Å². The van der Waals surface area contributed by atoms with Gasteiger partial charge in [0.25, 0.3) is 0 Å². The van der Waals surface area contributed by atoms with E-state index in [2.05, 4.69) is 14.8 Å². The van der Waals surface area contributed by atoms with Gasteiger partial charge in [-0.2, -0.15) is 0 Å². The summed E-state index contributed by atoms with van der Waals surface area (Å²) in [4.78, 5) is 20.7. The largest absolute Gasteiger partial charge is 0.368 e. The Balaban J connectivity index is 1.53. The van der Waals surface area contributed by atoms with Crippen LogP contribution < -0.4 is 4.90 Å². The Kier molecular flexibility index (Phi) is 4.19. The molecule has 0 radical (unpaired) electrons. The van der Waals surface area contributed by atoms with Crippen LogP contribution in [0.4, 0.5) is 10.1 Å². The molecular formula is C19H26FN3O. The lowest BCUT2D eigenvalue weighted by atomic mass is 9.73. The van der Waals surface area contributed by atoms with Crippen molar-refractivity contribution in [2.45, 2.75) is 57.4 Å². The van der Waals surface area contributed by atoms with E-state index in [1.165, 1.54) is 19.0 Å². The Bertz CT molecular complexity index is 616. The molecule has 4 rings (SSSR count). The molecule has 2 saturated heterocycles. The average Bonchev–Trinajstić information content (AvgIpc) is 3.12. The molecule has 3 heterocycles. The molecule has 1 aromatic rings. The average molecular weight is 331 g/mol. The fourth-order valence-electron chi connectivity index (χ4n) is 4.96. The van der Waals surface area contributed by atoms with Gasteiger partial charge in [-0.15, -0.1) is 0 Å². The zero-order valence-electron chi connectivity index (χ0n) is 14.2. The number of hydrogen-bond acceptors (Lipinski definition) is 3. The van der Waals surface area contributed by atoms with Crippen molar-refractivity contribution in [3.05, 3.63) is 24.3 Å². The molecular weight excluding hydrogens is 305 g/mol. The van der Waals surface area contributed by atoms with Crippen LogP contribution in [-0.4, -0.2) is 41.5 Å². The number of hydrogen-bond donors (Lipinski definition) is 0. The first-order chi connectivity index (χ1) is 11.7. The highest BCUT2D eigenvalue weighted by Crippen LogP contribution is 2.42. The number of pyridine rings is 1. The lowest BCUT2D eigenvalue weighted by Crippen LogP contribution is -2.56. The van der Waals surface area contributed by atoms with E-state index >= 15 is 0 Å². The van der Waals surface area contributed by atoms with Gasteiger partial charge < -0.3 is 9.80 Å². The molecule has 0 bridgehead atoms. The standard InChI is InChI=1S/C19H26FN3O/c20-16-12-21-10-7-17(16)22-11-3-8-19(13-22)9-6-18(24)23(14-19)15-4-1-2-5-15/h7,10,12,15H,1-6,8-9,11,13-14H2/t19-/m1/s1. The summed E-state index contributed by atoms with van der Waals surface area (Å²) in [5.41, 5.74) is 0.790. The van der Waals surface area contributed by atoms with Crippen molar-refractivity contribution in [2.75, 3.05) is 24.5 Å². The van der Waals surface area contributed by atoms with Gasteiger partial charge in [0, 0.05) is 43.7 Å². The normalized spacial score (nSPS) is 28.8. The van der Waals surface area contributed by atoms with Gasteiger partial charge >= 0.3 is 0 Å². The molecule has 5 heteroatoms. The minimum atomic E-state index is -0.242. The maximum Gasteiger partial charge on any atom is 0.222 e. The number of rotatable bonds is 2.